The van der Waals surface area contributed by atoms with Gasteiger partial charge in [0.2, 0.25) is 0 Å². The van der Waals surface area contributed by atoms with Crippen LogP contribution in [0.5, 0.6) is 0 Å². The van der Waals surface area contributed by atoms with Gasteiger partial charge < -0.3 is 10.1 Å². The fourth-order valence-corrected chi connectivity index (χ4v) is 2.85. The van der Waals surface area contributed by atoms with E-state index in [2.05, 4.69) is 41.7 Å². The summed E-state index contributed by atoms with van der Waals surface area (Å²) in [7, 11) is 1.96. The van der Waals surface area contributed by atoms with Crippen molar-refractivity contribution < 1.29 is 4.74 Å². The quantitative estimate of drug-likeness (QED) is 0.887. The van der Waals surface area contributed by atoms with E-state index in [1.54, 1.807) is 0 Å². The van der Waals surface area contributed by atoms with Gasteiger partial charge >= 0.3 is 0 Å². The fraction of sp³-hybridized carbons (Fsp3) is 0.471. The summed E-state index contributed by atoms with van der Waals surface area (Å²) in [5.41, 5.74) is 5.27. The van der Waals surface area contributed by atoms with Crippen molar-refractivity contribution in [1.29, 1.82) is 0 Å². The van der Waals surface area contributed by atoms with Gasteiger partial charge in [-0.05, 0) is 41.6 Å². The molecular formula is C17H23N3O. The maximum Gasteiger partial charge on any atom is 0.0725 e. The number of nitrogens with zero attached hydrogens (tertiary/aromatic N) is 2. The number of ether oxygens (including phenoxy) is 1. The molecule has 1 aromatic carbocycles. The van der Waals surface area contributed by atoms with E-state index in [0.717, 1.165) is 32.6 Å². The highest BCUT2D eigenvalue weighted by molar-refractivity contribution is 5.35. The molecule has 4 heteroatoms. The van der Waals surface area contributed by atoms with Crippen LogP contribution in [0.1, 0.15) is 41.6 Å². The van der Waals surface area contributed by atoms with E-state index >= 15 is 0 Å². The molecule has 1 atom stereocenters. The predicted octanol–water partition coefficient (Wildman–Crippen LogP) is 2.73. The van der Waals surface area contributed by atoms with Gasteiger partial charge in [-0.1, -0.05) is 25.1 Å². The standard InChI is InChI=1S/C17H23N3O/c1-3-6-18-17(7-13-9-19-20(2)10-13)14-4-5-15-11-21-12-16(15)8-14/h4-5,8-10,17-18H,3,6-7,11-12H2,1-2H3. The van der Waals surface area contributed by atoms with Crippen molar-refractivity contribution in [2.24, 2.45) is 7.05 Å². The Kier molecular flexibility index (Phi) is 4.36. The van der Waals surface area contributed by atoms with E-state index in [4.69, 9.17) is 4.74 Å². The molecule has 0 bridgehead atoms. The molecule has 21 heavy (non-hydrogen) atoms. The lowest BCUT2D eigenvalue weighted by molar-refractivity contribution is 0.134. The molecule has 4 nitrogen and oxygen atoms in total. The van der Waals surface area contributed by atoms with Crippen molar-refractivity contribution in [3.8, 4) is 0 Å². The van der Waals surface area contributed by atoms with Gasteiger partial charge in [0, 0.05) is 19.3 Å². The van der Waals surface area contributed by atoms with E-state index in [9.17, 15) is 0 Å². The first kappa shape index (κ1) is 14.3. The van der Waals surface area contributed by atoms with Crippen molar-refractivity contribution in [3.05, 3.63) is 52.8 Å². The van der Waals surface area contributed by atoms with Gasteiger partial charge in [-0.15, -0.1) is 0 Å². The van der Waals surface area contributed by atoms with Crippen LogP contribution in [-0.2, 0) is 31.4 Å². The van der Waals surface area contributed by atoms with Gasteiger partial charge in [-0.2, -0.15) is 5.10 Å². The SMILES string of the molecule is CCCNC(Cc1cnn(C)c1)c1ccc2c(c1)COC2. The molecule has 0 aliphatic carbocycles. The summed E-state index contributed by atoms with van der Waals surface area (Å²) in [4.78, 5) is 0. The van der Waals surface area contributed by atoms with Gasteiger partial charge in [0.05, 0.1) is 19.4 Å². The second-order valence-electron chi connectivity index (χ2n) is 5.75. The molecular weight excluding hydrogens is 262 g/mol. The van der Waals surface area contributed by atoms with Crippen molar-refractivity contribution in [1.82, 2.24) is 15.1 Å². The number of hydrogen-bond donors (Lipinski definition) is 1. The third-order valence-corrected chi connectivity index (χ3v) is 3.99. The highest BCUT2D eigenvalue weighted by atomic mass is 16.5. The minimum absolute atomic E-state index is 0.333. The highest BCUT2D eigenvalue weighted by Crippen LogP contribution is 2.25. The molecule has 0 saturated carbocycles. The number of rotatable bonds is 6. The summed E-state index contributed by atoms with van der Waals surface area (Å²) in [6, 6.07) is 7.07. The smallest absolute Gasteiger partial charge is 0.0725 e. The molecule has 0 radical (unpaired) electrons. The Morgan fingerprint density at radius 1 is 1.33 bits per heavy atom. The zero-order valence-corrected chi connectivity index (χ0v) is 12.8. The average molecular weight is 285 g/mol. The Balaban J connectivity index is 1.80. The van der Waals surface area contributed by atoms with Gasteiger partial charge in [-0.3, -0.25) is 4.68 Å². The van der Waals surface area contributed by atoms with Gasteiger partial charge in [0.15, 0.2) is 0 Å². The summed E-state index contributed by atoms with van der Waals surface area (Å²) in [6.07, 6.45) is 6.15. The maximum absolute atomic E-state index is 5.52. The summed E-state index contributed by atoms with van der Waals surface area (Å²) in [5.74, 6) is 0. The molecule has 2 aromatic rings. The number of aryl methyl sites for hydroxylation is 1. The Morgan fingerprint density at radius 3 is 2.95 bits per heavy atom. The summed E-state index contributed by atoms with van der Waals surface area (Å²) in [5, 5.41) is 7.93. The van der Waals surface area contributed by atoms with E-state index in [-0.39, 0.29) is 0 Å². The lowest BCUT2D eigenvalue weighted by Gasteiger charge is -2.19. The molecule has 0 amide bonds. The van der Waals surface area contributed by atoms with Crippen LogP contribution in [0.4, 0.5) is 0 Å². The fourth-order valence-electron chi connectivity index (χ4n) is 2.85. The number of fused-ring (bicyclic) bond motifs is 1. The first-order chi connectivity index (χ1) is 10.3. The first-order valence-electron chi connectivity index (χ1n) is 7.66. The lowest BCUT2D eigenvalue weighted by atomic mass is 9.97. The second-order valence-corrected chi connectivity index (χ2v) is 5.75. The van der Waals surface area contributed by atoms with Gasteiger partial charge in [0.1, 0.15) is 0 Å². The van der Waals surface area contributed by atoms with Crippen molar-refractivity contribution in [2.45, 2.75) is 39.0 Å². The third kappa shape index (κ3) is 3.34. The molecule has 0 spiro atoms. The number of benzene rings is 1. The summed E-state index contributed by atoms with van der Waals surface area (Å²) >= 11 is 0. The molecule has 1 aliphatic rings. The molecule has 0 fully saturated rings. The average Bonchev–Trinajstić information content (AvgIpc) is 3.11. The van der Waals surface area contributed by atoms with Crippen molar-refractivity contribution in [3.63, 3.8) is 0 Å². The van der Waals surface area contributed by atoms with Gasteiger partial charge in [0.25, 0.3) is 0 Å². The molecule has 112 valence electrons. The van der Waals surface area contributed by atoms with E-state index in [0.29, 0.717) is 6.04 Å². The molecule has 3 rings (SSSR count). The van der Waals surface area contributed by atoms with Crippen molar-refractivity contribution >= 4 is 0 Å². The summed E-state index contributed by atoms with van der Waals surface area (Å²) < 4.78 is 7.38. The largest absolute Gasteiger partial charge is 0.372 e. The first-order valence-corrected chi connectivity index (χ1v) is 7.66. The van der Waals surface area contributed by atoms with Crippen LogP contribution in [0.25, 0.3) is 0 Å². The Bertz CT molecular complexity index is 606. The molecule has 0 saturated heterocycles. The van der Waals surface area contributed by atoms with E-state index in [1.807, 2.05) is 17.9 Å². The van der Waals surface area contributed by atoms with Crippen LogP contribution >= 0.6 is 0 Å². The van der Waals surface area contributed by atoms with E-state index < -0.39 is 0 Å². The van der Waals surface area contributed by atoms with E-state index in [1.165, 1.54) is 22.3 Å². The third-order valence-electron chi connectivity index (χ3n) is 3.99. The topological polar surface area (TPSA) is 39.1 Å². The number of hydrogen-bond acceptors (Lipinski definition) is 3. The number of aromatic nitrogens is 2. The van der Waals surface area contributed by atoms with Crippen LogP contribution in [0.2, 0.25) is 0 Å². The summed E-state index contributed by atoms with van der Waals surface area (Å²) in [6.45, 7) is 4.73. The zero-order chi connectivity index (χ0) is 14.7. The van der Waals surface area contributed by atoms with Crippen LogP contribution in [-0.4, -0.2) is 16.3 Å². The lowest BCUT2D eigenvalue weighted by Crippen LogP contribution is -2.24. The van der Waals surface area contributed by atoms with Crippen LogP contribution in [0, 0.1) is 0 Å². The second kappa shape index (κ2) is 6.41. The maximum atomic E-state index is 5.52. The Labute approximate surface area is 126 Å². The molecule has 1 N–H and O–H groups in total. The van der Waals surface area contributed by atoms with Crippen LogP contribution < -0.4 is 5.32 Å². The van der Waals surface area contributed by atoms with Crippen LogP contribution in [0.15, 0.2) is 30.6 Å². The monoisotopic (exact) mass is 285 g/mol. The highest BCUT2D eigenvalue weighted by Gasteiger charge is 2.17. The van der Waals surface area contributed by atoms with Gasteiger partial charge in [-0.25, -0.2) is 0 Å². The molecule has 1 aliphatic heterocycles. The van der Waals surface area contributed by atoms with Crippen LogP contribution in [0.3, 0.4) is 0 Å². The zero-order valence-electron chi connectivity index (χ0n) is 12.8. The Morgan fingerprint density at radius 2 is 2.19 bits per heavy atom. The minimum Gasteiger partial charge on any atom is -0.372 e. The molecule has 1 aromatic heterocycles. The minimum atomic E-state index is 0.333. The van der Waals surface area contributed by atoms with Crippen molar-refractivity contribution in [2.75, 3.05) is 6.54 Å². The normalized spacial score (nSPS) is 15.1. The predicted molar refractivity (Wildman–Crippen MR) is 82.9 cm³/mol. The molecule has 2 heterocycles. The molecule has 1 unspecified atom stereocenters. The Hall–Kier alpha value is -1.65. The number of nitrogens with one attached hydrogen (secondary N) is 1.